The maximum absolute atomic E-state index is 11.7. The van der Waals surface area contributed by atoms with Crippen LogP contribution in [0.2, 0.25) is 0 Å². The van der Waals surface area contributed by atoms with E-state index in [1.54, 1.807) is 12.2 Å². The van der Waals surface area contributed by atoms with E-state index in [-0.39, 0.29) is 19.7 Å². The predicted molar refractivity (Wildman–Crippen MR) is 43.8 cm³/mol. The minimum atomic E-state index is -4.41. The quantitative estimate of drug-likeness (QED) is 0.719. The van der Waals surface area contributed by atoms with Gasteiger partial charge in [-0.25, -0.2) is 4.79 Å². The minimum absolute atomic E-state index is 0.0280. The molecule has 0 bridgehead atoms. The molecule has 0 rings (SSSR count). The largest absolute Gasteiger partial charge is 0.405 e. The molecule has 2 N–H and O–H groups in total. The number of halogens is 3. The van der Waals surface area contributed by atoms with Gasteiger partial charge in [0.25, 0.3) is 0 Å². The van der Waals surface area contributed by atoms with Gasteiger partial charge < -0.3 is 15.3 Å². The Balaban J connectivity index is 3.93. The van der Waals surface area contributed by atoms with E-state index in [1.807, 2.05) is 0 Å². The van der Waals surface area contributed by atoms with E-state index in [0.29, 0.717) is 0 Å². The van der Waals surface area contributed by atoms with Gasteiger partial charge in [-0.1, -0.05) is 0 Å². The Kier molecular flexibility index (Phi) is 5.29. The van der Waals surface area contributed by atoms with Gasteiger partial charge in [0.2, 0.25) is 0 Å². The Bertz CT molecular complexity index is 184. The Hall–Kier alpha value is -0.980. The van der Waals surface area contributed by atoms with Crippen LogP contribution in [0.15, 0.2) is 0 Å². The van der Waals surface area contributed by atoms with Crippen LogP contribution in [0.1, 0.15) is 6.92 Å². The lowest BCUT2D eigenvalue weighted by molar-refractivity contribution is -0.123. The van der Waals surface area contributed by atoms with E-state index in [9.17, 15) is 18.0 Å². The fourth-order valence-electron chi connectivity index (χ4n) is 0.812. The molecule has 4 nitrogen and oxygen atoms in total. The number of aliphatic hydroxyl groups is 1. The van der Waals surface area contributed by atoms with Gasteiger partial charge in [-0.15, -0.1) is 0 Å². The highest BCUT2D eigenvalue weighted by atomic mass is 19.4. The average molecular weight is 214 g/mol. The zero-order chi connectivity index (χ0) is 11.2. The fourth-order valence-corrected chi connectivity index (χ4v) is 0.812. The maximum atomic E-state index is 11.7. The summed E-state index contributed by atoms with van der Waals surface area (Å²) in [7, 11) is 0. The molecule has 0 atom stereocenters. The van der Waals surface area contributed by atoms with Gasteiger partial charge in [0.15, 0.2) is 0 Å². The molecule has 2 amide bonds. The number of carbonyl (C=O) groups is 1. The van der Waals surface area contributed by atoms with Crippen molar-refractivity contribution in [2.45, 2.75) is 13.1 Å². The molecule has 0 saturated carbocycles. The first-order valence-corrected chi connectivity index (χ1v) is 4.11. The number of amides is 2. The van der Waals surface area contributed by atoms with Gasteiger partial charge in [-0.2, -0.15) is 13.2 Å². The molecule has 0 aliphatic heterocycles. The number of nitrogens with one attached hydrogen (secondary N) is 1. The van der Waals surface area contributed by atoms with Crippen LogP contribution < -0.4 is 5.32 Å². The van der Waals surface area contributed by atoms with Crippen molar-refractivity contribution in [2.75, 3.05) is 26.2 Å². The van der Waals surface area contributed by atoms with E-state index >= 15 is 0 Å². The molecule has 0 spiro atoms. The molecule has 0 aliphatic carbocycles. The first kappa shape index (κ1) is 13.0. The van der Waals surface area contributed by atoms with E-state index in [1.165, 1.54) is 0 Å². The maximum Gasteiger partial charge on any atom is 0.405 e. The van der Waals surface area contributed by atoms with Crippen LogP contribution in [0.3, 0.4) is 0 Å². The molecule has 0 unspecified atom stereocenters. The lowest BCUT2D eigenvalue weighted by Gasteiger charge is -2.20. The summed E-state index contributed by atoms with van der Waals surface area (Å²) in [4.78, 5) is 12.1. The topological polar surface area (TPSA) is 52.6 Å². The second-order valence-corrected chi connectivity index (χ2v) is 2.58. The van der Waals surface area contributed by atoms with Crippen LogP contribution in [0.25, 0.3) is 0 Å². The third-order valence-electron chi connectivity index (χ3n) is 1.48. The molecule has 7 heteroatoms. The highest BCUT2D eigenvalue weighted by molar-refractivity contribution is 5.74. The molecular weight excluding hydrogens is 201 g/mol. The van der Waals surface area contributed by atoms with Crippen molar-refractivity contribution in [3.05, 3.63) is 0 Å². The lowest BCUT2D eigenvalue weighted by atomic mass is 10.5. The van der Waals surface area contributed by atoms with Crippen molar-refractivity contribution < 1.29 is 23.1 Å². The van der Waals surface area contributed by atoms with Crippen LogP contribution in [-0.2, 0) is 0 Å². The van der Waals surface area contributed by atoms with Gasteiger partial charge in [0.05, 0.1) is 6.61 Å². The number of urea groups is 1. The Morgan fingerprint density at radius 3 is 2.43 bits per heavy atom. The van der Waals surface area contributed by atoms with E-state index < -0.39 is 18.8 Å². The highest BCUT2D eigenvalue weighted by Gasteiger charge is 2.28. The van der Waals surface area contributed by atoms with Crippen LogP contribution in [0.5, 0.6) is 0 Å². The molecular formula is C7H13F3N2O2. The van der Waals surface area contributed by atoms with Gasteiger partial charge >= 0.3 is 12.2 Å². The monoisotopic (exact) mass is 214 g/mol. The Morgan fingerprint density at radius 2 is 2.07 bits per heavy atom. The SMILES string of the molecule is CCN(CCO)C(=O)NCC(F)(F)F. The van der Waals surface area contributed by atoms with Crippen molar-refractivity contribution in [2.24, 2.45) is 0 Å². The number of hydrogen-bond acceptors (Lipinski definition) is 2. The molecule has 84 valence electrons. The summed E-state index contributed by atoms with van der Waals surface area (Å²) in [6.45, 7) is 0.272. The van der Waals surface area contributed by atoms with Gasteiger partial charge in [0, 0.05) is 13.1 Å². The normalized spacial score (nSPS) is 11.2. The molecule has 0 saturated heterocycles. The summed E-state index contributed by atoms with van der Waals surface area (Å²) < 4.78 is 35.1. The number of rotatable bonds is 4. The molecule has 0 aliphatic rings. The number of aliphatic hydroxyl groups excluding tert-OH is 1. The van der Waals surface area contributed by atoms with Crippen LogP contribution >= 0.6 is 0 Å². The third kappa shape index (κ3) is 5.63. The van der Waals surface area contributed by atoms with E-state index in [0.717, 1.165) is 4.90 Å². The summed E-state index contributed by atoms with van der Waals surface area (Å²) >= 11 is 0. The van der Waals surface area contributed by atoms with Gasteiger partial charge in [-0.3, -0.25) is 0 Å². The minimum Gasteiger partial charge on any atom is -0.395 e. The number of carbonyl (C=O) groups excluding carboxylic acids is 1. The average Bonchev–Trinajstić information content (AvgIpc) is 2.09. The lowest BCUT2D eigenvalue weighted by Crippen LogP contribution is -2.44. The van der Waals surface area contributed by atoms with Crippen molar-refractivity contribution in [1.82, 2.24) is 10.2 Å². The zero-order valence-corrected chi connectivity index (χ0v) is 7.76. The second-order valence-electron chi connectivity index (χ2n) is 2.58. The van der Waals surface area contributed by atoms with Crippen molar-refractivity contribution in [1.29, 1.82) is 0 Å². The van der Waals surface area contributed by atoms with E-state index in [4.69, 9.17) is 5.11 Å². The molecule has 0 radical (unpaired) electrons. The van der Waals surface area contributed by atoms with Crippen molar-refractivity contribution in [3.63, 3.8) is 0 Å². The van der Waals surface area contributed by atoms with Crippen LogP contribution in [0.4, 0.5) is 18.0 Å². The number of nitrogens with zero attached hydrogens (tertiary/aromatic N) is 1. The van der Waals surface area contributed by atoms with E-state index in [2.05, 4.69) is 0 Å². The first-order valence-electron chi connectivity index (χ1n) is 4.11. The van der Waals surface area contributed by atoms with Crippen molar-refractivity contribution >= 4 is 6.03 Å². The second kappa shape index (κ2) is 5.69. The van der Waals surface area contributed by atoms with Crippen molar-refractivity contribution in [3.8, 4) is 0 Å². The molecule has 0 aromatic rings. The summed E-state index contributed by atoms with van der Waals surface area (Å²) in [6.07, 6.45) is -4.41. The summed E-state index contributed by atoms with van der Waals surface area (Å²) in [6, 6.07) is -0.820. The molecule has 0 aromatic heterocycles. The summed E-state index contributed by atoms with van der Waals surface area (Å²) in [5, 5.41) is 10.2. The van der Waals surface area contributed by atoms with Gasteiger partial charge in [-0.05, 0) is 6.92 Å². The summed E-state index contributed by atoms with van der Waals surface area (Å²) in [5.41, 5.74) is 0. The Morgan fingerprint density at radius 1 is 1.50 bits per heavy atom. The molecule has 14 heavy (non-hydrogen) atoms. The first-order chi connectivity index (χ1) is 6.40. The third-order valence-corrected chi connectivity index (χ3v) is 1.48. The van der Waals surface area contributed by atoms with Crippen LogP contribution in [0, 0.1) is 0 Å². The van der Waals surface area contributed by atoms with Gasteiger partial charge in [0.1, 0.15) is 6.54 Å². The number of hydrogen-bond donors (Lipinski definition) is 2. The Labute approximate surface area is 79.7 Å². The molecule has 0 heterocycles. The highest BCUT2D eigenvalue weighted by Crippen LogP contribution is 2.12. The van der Waals surface area contributed by atoms with Crippen LogP contribution in [-0.4, -0.2) is 48.5 Å². The smallest absolute Gasteiger partial charge is 0.395 e. The summed E-state index contributed by atoms with van der Waals surface area (Å²) in [5.74, 6) is 0. The zero-order valence-electron chi connectivity index (χ0n) is 7.76. The number of alkyl halides is 3. The fraction of sp³-hybridized carbons (Fsp3) is 0.857. The predicted octanol–water partition coefficient (Wildman–Crippen LogP) is 0.572. The molecule has 0 aromatic carbocycles. The standard InChI is InChI=1S/C7H13F3N2O2/c1-2-12(3-4-13)6(14)11-5-7(8,9)10/h13H,2-5H2,1H3,(H,11,14). The molecule has 0 fully saturated rings. The number of likely N-dealkylation sites (N-methyl/N-ethyl adjacent to an activating group) is 1.